The van der Waals surface area contributed by atoms with Gasteiger partial charge in [-0.15, -0.1) is 0 Å². The third-order valence-corrected chi connectivity index (χ3v) is 4.68. The van der Waals surface area contributed by atoms with Crippen LogP contribution in [0.25, 0.3) is 5.69 Å². The van der Waals surface area contributed by atoms with E-state index in [2.05, 4.69) is 15.7 Å². The molecule has 0 unspecified atom stereocenters. The summed E-state index contributed by atoms with van der Waals surface area (Å²) in [6.07, 6.45) is -0.0159. The predicted octanol–water partition coefficient (Wildman–Crippen LogP) is 2.60. The molecule has 8 nitrogen and oxygen atoms in total. The van der Waals surface area contributed by atoms with E-state index in [1.54, 1.807) is 4.68 Å². The average molecular weight is 420 g/mol. The largest absolute Gasteiger partial charge is 0.455 e. The van der Waals surface area contributed by atoms with Crippen LogP contribution in [0.5, 0.6) is 0 Å². The minimum absolute atomic E-state index is 0.0159. The molecule has 0 atom stereocenters. The van der Waals surface area contributed by atoms with E-state index in [1.807, 2.05) is 74.5 Å². The number of nitrogens with zero attached hydrogens (tertiary/aromatic N) is 2. The van der Waals surface area contributed by atoms with Gasteiger partial charge in [0.2, 0.25) is 0 Å². The zero-order valence-electron chi connectivity index (χ0n) is 17.4. The number of benzene rings is 2. The molecule has 31 heavy (non-hydrogen) atoms. The number of esters is 1. The van der Waals surface area contributed by atoms with E-state index in [0.29, 0.717) is 5.69 Å². The fourth-order valence-electron chi connectivity index (χ4n) is 3.08. The van der Waals surface area contributed by atoms with Gasteiger partial charge in [-0.25, -0.2) is 9.48 Å². The van der Waals surface area contributed by atoms with Crippen molar-refractivity contribution < 1.29 is 19.1 Å². The third kappa shape index (κ3) is 6.02. The molecular weight excluding hydrogens is 396 g/mol. The quantitative estimate of drug-likeness (QED) is 0.572. The zero-order valence-corrected chi connectivity index (χ0v) is 17.4. The van der Waals surface area contributed by atoms with Crippen LogP contribution < -0.4 is 10.6 Å². The van der Waals surface area contributed by atoms with Crippen molar-refractivity contribution in [3.63, 3.8) is 0 Å². The van der Waals surface area contributed by atoms with Crippen molar-refractivity contribution in [2.75, 3.05) is 6.61 Å². The average Bonchev–Trinajstić information content (AvgIpc) is 3.06. The van der Waals surface area contributed by atoms with Crippen LogP contribution in [0.3, 0.4) is 0 Å². The van der Waals surface area contributed by atoms with Crippen molar-refractivity contribution >= 4 is 17.9 Å². The minimum atomic E-state index is -0.702. The first-order chi connectivity index (χ1) is 14.9. The van der Waals surface area contributed by atoms with Crippen LogP contribution in [0.4, 0.5) is 4.79 Å². The number of aromatic nitrogens is 2. The number of ether oxygens (including phenoxy) is 1. The fourth-order valence-corrected chi connectivity index (χ4v) is 3.08. The van der Waals surface area contributed by atoms with Crippen molar-refractivity contribution in [1.29, 1.82) is 0 Å². The lowest BCUT2D eigenvalue weighted by Crippen LogP contribution is -2.41. The van der Waals surface area contributed by atoms with Gasteiger partial charge in [0, 0.05) is 17.8 Å². The first-order valence-electron chi connectivity index (χ1n) is 9.82. The number of hydrogen-bond acceptors (Lipinski definition) is 5. The molecule has 0 aliphatic carbocycles. The van der Waals surface area contributed by atoms with Gasteiger partial charge in [0.25, 0.3) is 5.91 Å². The van der Waals surface area contributed by atoms with Gasteiger partial charge in [-0.1, -0.05) is 48.5 Å². The minimum Gasteiger partial charge on any atom is -0.455 e. The summed E-state index contributed by atoms with van der Waals surface area (Å²) in [6.45, 7) is 3.43. The van der Waals surface area contributed by atoms with Crippen LogP contribution in [0.2, 0.25) is 0 Å². The molecule has 0 spiro atoms. The number of carbonyl (C=O) groups is 3. The second-order valence-corrected chi connectivity index (χ2v) is 6.95. The summed E-state index contributed by atoms with van der Waals surface area (Å²) in [5.74, 6) is -1.27. The van der Waals surface area contributed by atoms with Crippen LogP contribution >= 0.6 is 0 Å². The number of para-hydroxylation sites is 1. The number of aryl methyl sites for hydroxylation is 1. The molecule has 0 saturated heterocycles. The van der Waals surface area contributed by atoms with Gasteiger partial charge in [-0.3, -0.25) is 14.9 Å². The van der Waals surface area contributed by atoms with Crippen LogP contribution in [-0.2, 0) is 27.3 Å². The van der Waals surface area contributed by atoms with E-state index in [1.165, 1.54) is 0 Å². The summed E-state index contributed by atoms with van der Waals surface area (Å²) in [6, 6.07) is 18.2. The van der Waals surface area contributed by atoms with Crippen molar-refractivity contribution in [3.8, 4) is 5.69 Å². The number of amides is 3. The number of urea groups is 1. The highest BCUT2D eigenvalue weighted by Crippen LogP contribution is 2.18. The second-order valence-electron chi connectivity index (χ2n) is 6.95. The molecule has 3 aromatic rings. The van der Waals surface area contributed by atoms with Crippen LogP contribution in [-0.4, -0.2) is 34.3 Å². The molecule has 1 heterocycles. The Hall–Kier alpha value is -3.94. The highest BCUT2D eigenvalue weighted by Gasteiger charge is 2.18. The molecule has 3 rings (SSSR count). The second kappa shape index (κ2) is 10.2. The van der Waals surface area contributed by atoms with Gasteiger partial charge in [-0.05, 0) is 31.5 Å². The molecule has 0 aliphatic rings. The maximum absolute atomic E-state index is 12.2. The highest BCUT2D eigenvalue weighted by atomic mass is 16.5. The van der Waals surface area contributed by atoms with Gasteiger partial charge >= 0.3 is 12.0 Å². The lowest BCUT2D eigenvalue weighted by Gasteiger charge is -2.08. The van der Waals surface area contributed by atoms with Crippen LogP contribution in [0.15, 0.2) is 60.7 Å². The summed E-state index contributed by atoms with van der Waals surface area (Å²) < 4.78 is 6.79. The van der Waals surface area contributed by atoms with E-state index >= 15 is 0 Å². The SMILES string of the molecule is Cc1nn(-c2ccccc2)c(C)c1CC(=O)OCC(=O)NC(=O)NCc1ccccc1. The Morgan fingerprint density at radius 3 is 2.29 bits per heavy atom. The fraction of sp³-hybridized carbons (Fsp3) is 0.217. The van der Waals surface area contributed by atoms with Gasteiger partial charge in [0.15, 0.2) is 6.61 Å². The number of imide groups is 1. The first kappa shape index (κ1) is 21.8. The van der Waals surface area contributed by atoms with Crippen molar-refractivity contribution in [3.05, 3.63) is 83.2 Å². The Kier molecular flexibility index (Phi) is 7.16. The number of nitrogens with one attached hydrogen (secondary N) is 2. The van der Waals surface area contributed by atoms with E-state index in [-0.39, 0.29) is 13.0 Å². The van der Waals surface area contributed by atoms with Gasteiger partial charge < -0.3 is 10.1 Å². The van der Waals surface area contributed by atoms with E-state index < -0.39 is 24.5 Å². The summed E-state index contributed by atoms with van der Waals surface area (Å²) >= 11 is 0. The Bertz CT molecular complexity index is 1060. The molecule has 0 fully saturated rings. The Morgan fingerprint density at radius 2 is 1.61 bits per heavy atom. The molecule has 0 bridgehead atoms. The molecular formula is C23H24N4O4. The maximum atomic E-state index is 12.2. The van der Waals surface area contributed by atoms with E-state index in [9.17, 15) is 14.4 Å². The molecule has 0 aliphatic heterocycles. The Labute approximate surface area is 180 Å². The molecule has 3 amide bonds. The topological polar surface area (TPSA) is 102 Å². The lowest BCUT2D eigenvalue weighted by atomic mass is 10.1. The molecule has 8 heteroatoms. The Morgan fingerprint density at radius 1 is 0.968 bits per heavy atom. The molecule has 0 saturated carbocycles. The summed E-state index contributed by atoms with van der Waals surface area (Å²) in [5.41, 5.74) is 4.07. The maximum Gasteiger partial charge on any atom is 0.321 e. The predicted molar refractivity (Wildman–Crippen MR) is 115 cm³/mol. The van der Waals surface area contributed by atoms with Crippen molar-refractivity contribution in [2.24, 2.45) is 0 Å². The lowest BCUT2D eigenvalue weighted by molar-refractivity contribution is -0.147. The van der Waals surface area contributed by atoms with Crippen molar-refractivity contribution in [1.82, 2.24) is 20.4 Å². The monoisotopic (exact) mass is 420 g/mol. The molecule has 0 radical (unpaired) electrons. The highest BCUT2D eigenvalue weighted by molar-refractivity contribution is 5.95. The first-order valence-corrected chi connectivity index (χ1v) is 9.82. The van der Waals surface area contributed by atoms with Crippen molar-refractivity contribution in [2.45, 2.75) is 26.8 Å². The number of carbonyl (C=O) groups excluding carboxylic acids is 3. The standard InChI is InChI=1S/C23H24N4O4/c1-16-20(17(2)27(26-16)19-11-7-4-8-12-19)13-22(29)31-15-21(28)25-23(30)24-14-18-9-5-3-6-10-18/h3-12H,13-15H2,1-2H3,(H2,24,25,28,30). The Balaban J connectivity index is 1.47. The number of rotatable bonds is 7. The van der Waals surface area contributed by atoms with Gasteiger partial charge in [0.05, 0.1) is 17.8 Å². The molecule has 1 aromatic heterocycles. The third-order valence-electron chi connectivity index (χ3n) is 4.68. The van der Waals surface area contributed by atoms with E-state index in [4.69, 9.17) is 4.74 Å². The zero-order chi connectivity index (χ0) is 22.2. The molecule has 160 valence electrons. The summed E-state index contributed by atoms with van der Waals surface area (Å²) in [4.78, 5) is 35.9. The smallest absolute Gasteiger partial charge is 0.321 e. The van der Waals surface area contributed by atoms with Crippen LogP contribution in [0.1, 0.15) is 22.5 Å². The summed E-state index contributed by atoms with van der Waals surface area (Å²) in [7, 11) is 0. The number of hydrogen-bond donors (Lipinski definition) is 2. The van der Waals surface area contributed by atoms with Gasteiger partial charge in [0.1, 0.15) is 0 Å². The van der Waals surface area contributed by atoms with Crippen LogP contribution in [0, 0.1) is 13.8 Å². The molecule has 2 aromatic carbocycles. The summed E-state index contributed by atoms with van der Waals surface area (Å²) in [5, 5.41) is 9.19. The van der Waals surface area contributed by atoms with E-state index in [0.717, 1.165) is 22.5 Å². The normalized spacial score (nSPS) is 10.4. The van der Waals surface area contributed by atoms with Gasteiger partial charge in [-0.2, -0.15) is 5.10 Å². The molecule has 2 N–H and O–H groups in total.